The topological polar surface area (TPSA) is 38.0 Å². The van der Waals surface area contributed by atoms with Crippen LogP contribution in [0.1, 0.15) is 72.6 Å². The Balaban J connectivity index is 1.93. The molecular weight excluding hydrogens is 232 g/mol. The standard InChI is InChI=1S/C17H34N2/c1-12-5-6-15(11-13(12)2)16(19-18)14-7-9-17(3,4)10-8-14/h12-16,19H,5-11,18H2,1-4H3. The van der Waals surface area contributed by atoms with Crippen molar-refractivity contribution in [1.82, 2.24) is 5.43 Å². The average molecular weight is 266 g/mol. The van der Waals surface area contributed by atoms with E-state index in [0.717, 1.165) is 23.7 Å². The van der Waals surface area contributed by atoms with Gasteiger partial charge in [0.05, 0.1) is 0 Å². The van der Waals surface area contributed by atoms with Crippen molar-refractivity contribution in [3.05, 3.63) is 0 Å². The highest BCUT2D eigenvalue weighted by molar-refractivity contribution is 4.90. The molecule has 3 N–H and O–H groups in total. The van der Waals surface area contributed by atoms with Crippen LogP contribution in [0.15, 0.2) is 0 Å². The fraction of sp³-hybridized carbons (Fsp3) is 1.00. The summed E-state index contributed by atoms with van der Waals surface area (Å²) in [6.45, 7) is 9.67. The normalized spacial score (nSPS) is 38.1. The van der Waals surface area contributed by atoms with Crippen molar-refractivity contribution in [3.8, 4) is 0 Å². The molecule has 4 atom stereocenters. The van der Waals surface area contributed by atoms with Crippen LogP contribution in [0.2, 0.25) is 0 Å². The first-order valence-electron chi connectivity index (χ1n) is 8.39. The Bertz CT molecular complexity index is 277. The van der Waals surface area contributed by atoms with E-state index in [-0.39, 0.29) is 0 Å². The third-order valence-corrected chi connectivity index (χ3v) is 6.23. The van der Waals surface area contributed by atoms with Gasteiger partial charge in [0.2, 0.25) is 0 Å². The van der Waals surface area contributed by atoms with Gasteiger partial charge in [0, 0.05) is 6.04 Å². The Kier molecular flexibility index (Phi) is 4.94. The molecule has 2 heteroatoms. The maximum absolute atomic E-state index is 5.93. The van der Waals surface area contributed by atoms with Crippen molar-refractivity contribution in [2.45, 2.75) is 78.7 Å². The van der Waals surface area contributed by atoms with Crippen LogP contribution in [0.3, 0.4) is 0 Å². The minimum absolute atomic E-state index is 0.560. The van der Waals surface area contributed by atoms with Crippen molar-refractivity contribution in [3.63, 3.8) is 0 Å². The lowest BCUT2D eigenvalue weighted by Gasteiger charge is -2.43. The Morgan fingerprint density at radius 1 is 0.947 bits per heavy atom. The third kappa shape index (κ3) is 3.72. The minimum atomic E-state index is 0.560. The molecule has 0 saturated heterocycles. The molecule has 0 radical (unpaired) electrons. The van der Waals surface area contributed by atoms with Crippen LogP contribution in [0.4, 0.5) is 0 Å². The average Bonchev–Trinajstić information content (AvgIpc) is 2.36. The molecule has 2 saturated carbocycles. The second kappa shape index (κ2) is 6.13. The van der Waals surface area contributed by atoms with Crippen molar-refractivity contribution in [2.75, 3.05) is 0 Å². The van der Waals surface area contributed by atoms with Crippen LogP contribution in [0.25, 0.3) is 0 Å². The summed E-state index contributed by atoms with van der Waals surface area (Å²) in [6.07, 6.45) is 9.60. The first-order valence-corrected chi connectivity index (χ1v) is 8.39. The van der Waals surface area contributed by atoms with Gasteiger partial charge >= 0.3 is 0 Å². The summed E-state index contributed by atoms with van der Waals surface area (Å²) in [6, 6.07) is 0.561. The molecular formula is C17H34N2. The van der Waals surface area contributed by atoms with Crippen LogP contribution in [-0.2, 0) is 0 Å². The highest BCUT2D eigenvalue weighted by atomic mass is 15.2. The lowest BCUT2D eigenvalue weighted by atomic mass is 9.65. The monoisotopic (exact) mass is 266 g/mol. The van der Waals surface area contributed by atoms with Crippen LogP contribution < -0.4 is 11.3 Å². The second-order valence-corrected chi connectivity index (χ2v) is 8.22. The summed E-state index contributed by atoms with van der Waals surface area (Å²) in [5.41, 5.74) is 3.76. The lowest BCUT2D eigenvalue weighted by Crippen LogP contribution is -2.49. The number of nitrogens with one attached hydrogen (secondary N) is 1. The van der Waals surface area contributed by atoms with Crippen LogP contribution in [0.5, 0.6) is 0 Å². The minimum Gasteiger partial charge on any atom is -0.271 e. The van der Waals surface area contributed by atoms with Crippen molar-refractivity contribution in [1.29, 1.82) is 0 Å². The van der Waals surface area contributed by atoms with Gasteiger partial charge in [-0.3, -0.25) is 11.3 Å². The molecule has 19 heavy (non-hydrogen) atoms. The molecule has 0 aromatic rings. The first-order chi connectivity index (χ1) is 8.93. The van der Waals surface area contributed by atoms with E-state index in [1.807, 2.05) is 0 Å². The fourth-order valence-electron chi connectivity index (χ4n) is 4.35. The molecule has 0 bridgehead atoms. The van der Waals surface area contributed by atoms with E-state index in [2.05, 4.69) is 33.1 Å². The zero-order valence-corrected chi connectivity index (χ0v) is 13.4. The maximum Gasteiger partial charge on any atom is 0.0267 e. The maximum atomic E-state index is 5.93. The number of nitrogens with two attached hydrogens (primary N) is 1. The van der Waals surface area contributed by atoms with E-state index in [9.17, 15) is 0 Å². The summed E-state index contributed by atoms with van der Waals surface area (Å²) >= 11 is 0. The van der Waals surface area contributed by atoms with E-state index in [0.29, 0.717) is 11.5 Å². The quantitative estimate of drug-likeness (QED) is 0.596. The molecule has 0 heterocycles. The van der Waals surface area contributed by atoms with Gasteiger partial charge < -0.3 is 0 Å². The predicted octanol–water partition coefficient (Wildman–Crippen LogP) is 4.11. The van der Waals surface area contributed by atoms with E-state index in [1.54, 1.807) is 0 Å². The van der Waals surface area contributed by atoms with Gasteiger partial charge in [-0.05, 0) is 67.6 Å². The number of hydrogen-bond acceptors (Lipinski definition) is 2. The molecule has 0 aromatic carbocycles. The van der Waals surface area contributed by atoms with Gasteiger partial charge in [-0.15, -0.1) is 0 Å². The summed E-state index contributed by atoms with van der Waals surface area (Å²) in [4.78, 5) is 0. The van der Waals surface area contributed by atoms with Gasteiger partial charge in [0.15, 0.2) is 0 Å². The van der Waals surface area contributed by atoms with Gasteiger partial charge in [-0.2, -0.15) is 0 Å². The molecule has 0 aromatic heterocycles. The Hall–Kier alpha value is -0.0800. The molecule has 2 nitrogen and oxygen atoms in total. The largest absolute Gasteiger partial charge is 0.271 e. The van der Waals surface area contributed by atoms with E-state index >= 15 is 0 Å². The summed E-state index contributed by atoms with van der Waals surface area (Å²) < 4.78 is 0. The molecule has 4 unspecified atom stereocenters. The van der Waals surface area contributed by atoms with Crippen molar-refractivity contribution < 1.29 is 0 Å². The number of hydrazine groups is 1. The van der Waals surface area contributed by atoms with Crippen LogP contribution >= 0.6 is 0 Å². The predicted molar refractivity (Wildman–Crippen MR) is 82.5 cm³/mol. The van der Waals surface area contributed by atoms with Gasteiger partial charge in [0.25, 0.3) is 0 Å². The molecule has 2 rings (SSSR count). The van der Waals surface area contributed by atoms with E-state index < -0.39 is 0 Å². The Morgan fingerprint density at radius 3 is 2.11 bits per heavy atom. The fourth-order valence-corrected chi connectivity index (χ4v) is 4.35. The zero-order valence-electron chi connectivity index (χ0n) is 13.4. The Labute approximate surface area is 119 Å². The highest BCUT2D eigenvalue weighted by Gasteiger charge is 2.37. The van der Waals surface area contributed by atoms with Gasteiger partial charge in [-0.1, -0.05) is 34.1 Å². The van der Waals surface area contributed by atoms with Crippen LogP contribution in [0, 0.1) is 29.1 Å². The lowest BCUT2D eigenvalue weighted by molar-refractivity contribution is 0.0969. The number of rotatable bonds is 3. The van der Waals surface area contributed by atoms with Gasteiger partial charge in [0.1, 0.15) is 0 Å². The van der Waals surface area contributed by atoms with Crippen molar-refractivity contribution >= 4 is 0 Å². The summed E-state index contributed by atoms with van der Waals surface area (Å²) in [5, 5.41) is 0. The van der Waals surface area contributed by atoms with E-state index in [4.69, 9.17) is 5.84 Å². The number of hydrogen-bond donors (Lipinski definition) is 2. The third-order valence-electron chi connectivity index (χ3n) is 6.23. The molecule has 0 amide bonds. The molecule has 2 fully saturated rings. The molecule has 0 aliphatic heterocycles. The SMILES string of the molecule is CC1CCC(C(NN)C2CCC(C)(C)CC2)CC1C. The molecule has 112 valence electrons. The molecule has 0 spiro atoms. The van der Waals surface area contributed by atoms with Crippen molar-refractivity contribution in [2.24, 2.45) is 34.9 Å². The molecule has 2 aliphatic rings. The summed E-state index contributed by atoms with van der Waals surface area (Å²) in [5.74, 6) is 9.32. The zero-order chi connectivity index (χ0) is 14.0. The highest BCUT2D eigenvalue weighted by Crippen LogP contribution is 2.43. The molecule has 2 aliphatic carbocycles. The van der Waals surface area contributed by atoms with Gasteiger partial charge in [-0.25, -0.2) is 0 Å². The van der Waals surface area contributed by atoms with E-state index in [1.165, 1.54) is 44.9 Å². The summed E-state index contributed by atoms with van der Waals surface area (Å²) in [7, 11) is 0. The first kappa shape index (κ1) is 15.3. The second-order valence-electron chi connectivity index (χ2n) is 8.22. The Morgan fingerprint density at radius 2 is 1.58 bits per heavy atom. The smallest absolute Gasteiger partial charge is 0.0267 e. The van der Waals surface area contributed by atoms with Crippen LogP contribution in [-0.4, -0.2) is 6.04 Å².